The molecule has 1 aromatic rings. The highest BCUT2D eigenvalue weighted by Crippen LogP contribution is 2.19. The zero-order valence-corrected chi connectivity index (χ0v) is 9.25. The van der Waals surface area contributed by atoms with Crippen molar-refractivity contribution in [2.75, 3.05) is 18.9 Å². The lowest BCUT2D eigenvalue weighted by Crippen LogP contribution is -2.23. The minimum Gasteiger partial charge on any atom is -0.384 e. The summed E-state index contributed by atoms with van der Waals surface area (Å²) in [7, 11) is 1.88. The van der Waals surface area contributed by atoms with E-state index in [0.29, 0.717) is 0 Å². The standard InChI is InChI=1S/C12H17N3/c1-9-3-5-11(14-7-9)10-4-6-12(13-2)15-8-10/h4-6,8-9,14H,3,7H2,1-2H3,(H,13,15). The van der Waals surface area contributed by atoms with Crippen molar-refractivity contribution in [2.45, 2.75) is 13.3 Å². The summed E-state index contributed by atoms with van der Waals surface area (Å²) in [4.78, 5) is 4.30. The Balaban J connectivity index is 2.16. The topological polar surface area (TPSA) is 37.0 Å². The van der Waals surface area contributed by atoms with E-state index in [1.807, 2.05) is 19.3 Å². The second kappa shape index (κ2) is 4.34. The third-order valence-corrected chi connectivity index (χ3v) is 2.70. The highest BCUT2D eigenvalue weighted by atomic mass is 15.0. The zero-order chi connectivity index (χ0) is 10.7. The first-order valence-corrected chi connectivity index (χ1v) is 5.38. The maximum absolute atomic E-state index is 4.30. The van der Waals surface area contributed by atoms with Gasteiger partial charge in [-0.1, -0.05) is 13.0 Å². The molecule has 1 unspecified atom stereocenters. The van der Waals surface area contributed by atoms with Crippen LogP contribution in [0.2, 0.25) is 0 Å². The summed E-state index contributed by atoms with van der Waals surface area (Å²) < 4.78 is 0. The van der Waals surface area contributed by atoms with E-state index in [1.54, 1.807) is 0 Å². The van der Waals surface area contributed by atoms with Crippen LogP contribution in [0.5, 0.6) is 0 Å². The number of anilines is 1. The van der Waals surface area contributed by atoms with Gasteiger partial charge in [-0.3, -0.25) is 0 Å². The average molecular weight is 203 g/mol. The van der Waals surface area contributed by atoms with E-state index in [2.05, 4.69) is 34.7 Å². The molecule has 0 bridgehead atoms. The van der Waals surface area contributed by atoms with Crippen LogP contribution >= 0.6 is 0 Å². The van der Waals surface area contributed by atoms with Gasteiger partial charge in [-0.25, -0.2) is 4.98 Å². The number of hydrogen-bond donors (Lipinski definition) is 2. The van der Waals surface area contributed by atoms with Crippen LogP contribution in [0.3, 0.4) is 0 Å². The van der Waals surface area contributed by atoms with Gasteiger partial charge in [0.25, 0.3) is 0 Å². The lowest BCUT2D eigenvalue weighted by molar-refractivity contribution is 0.549. The van der Waals surface area contributed by atoms with Crippen LogP contribution in [0.1, 0.15) is 18.9 Å². The maximum atomic E-state index is 4.30. The molecule has 0 saturated carbocycles. The Morgan fingerprint density at radius 3 is 2.87 bits per heavy atom. The normalized spacial score (nSPS) is 20.4. The van der Waals surface area contributed by atoms with Gasteiger partial charge >= 0.3 is 0 Å². The summed E-state index contributed by atoms with van der Waals surface area (Å²) in [6.45, 7) is 3.31. The number of nitrogens with one attached hydrogen (secondary N) is 2. The molecule has 1 aliphatic rings. The third kappa shape index (κ3) is 2.29. The van der Waals surface area contributed by atoms with E-state index in [1.165, 1.54) is 11.3 Å². The number of aromatic nitrogens is 1. The van der Waals surface area contributed by atoms with Gasteiger partial charge in [-0.15, -0.1) is 0 Å². The van der Waals surface area contributed by atoms with Gasteiger partial charge in [0, 0.05) is 31.0 Å². The van der Waals surface area contributed by atoms with E-state index in [-0.39, 0.29) is 0 Å². The highest BCUT2D eigenvalue weighted by Gasteiger charge is 2.10. The monoisotopic (exact) mass is 203 g/mol. The number of allylic oxidation sites excluding steroid dienone is 1. The number of pyridine rings is 1. The SMILES string of the molecule is CNc1ccc(C2=CCC(C)CN2)cn1. The van der Waals surface area contributed by atoms with Gasteiger partial charge in [0.15, 0.2) is 0 Å². The van der Waals surface area contributed by atoms with Crippen molar-refractivity contribution in [1.29, 1.82) is 0 Å². The van der Waals surface area contributed by atoms with E-state index < -0.39 is 0 Å². The van der Waals surface area contributed by atoms with E-state index >= 15 is 0 Å². The van der Waals surface area contributed by atoms with E-state index in [9.17, 15) is 0 Å². The fraction of sp³-hybridized carbons (Fsp3) is 0.417. The molecule has 0 fully saturated rings. The summed E-state index contributed by atoms with van der Waals surface area (Å²) >= 11 is 0. The molecule has 0 saturated heterocycles. The summed E-state index contributed by atoms with van der Waals surface area (Å²) in [5.74, 6) is 1.64. The summed E-state index contributed by atoms with van der Waals surface area (Å²) in [5.41, 5.74) is 2.38. The van der Waals surface area contributed by atoms with Gasteiger partial charge < -0.3 is 10.6 Å². The largest absolute Gasteiger partial charge is 0.384 e. The van der Waals surface area contributed by atoms with Gasteiger partial charge in [-0.2, -0.15) is 0 Å². The lowest BCUT2D eigenvalue weighted by atomic mass is 10.0. The van der Waals surface area contributed by atoms with Gasteiger partial charge in [0.05, 0.1) is 0 Å². The summed E-state index contributed by atoms with van der Waals surface area (Å²) in [6.07, 6.45) is 5.31. The molecular weight excluding hydrogens is 186 g/mol. The average Bonchev–Trinajstić information content (AvgIpc) is 2.30. The lowest BCUT2D eigenvalue weighted by Gasteiger charge is -2.20. The van der Waals surface area contributed by atoms with Crippen molar-refractivity contribution < 1.29 is 0 Å². The van der Waals surface area contributed by atoms with Crippen molar-refractivity contribution in [1.82, 2.24) is 10.3 Å². The van der Waals surface area contributed by atoms with Gasteiger partial charge in [0.2, 0.25) is 0 Å². The molecule has 2 heterocycles. The first-order chi connectivity index (χ1) is 7.29. The fourth-order valence-corrected chi connectivity index (χ4v) is 1.68. The Labute approximate surface area is 90.6 Å². The molecule has 3 nitrogen and oxygen atoms in total. The summed E-state index contributed by atoms with van der Waals surface area (Å²) in [6, 6.07) is 4.09. The van der Waals surface area contributed by atoms with Crippen LogP contribution in [0.15, 0.2) is 24.4 Å². The molecule has 0 aromatic carbocycles. The molecule has 15 heavy (non-hydrogen) atoms. The first kappa shape index (κ1) is 10.0. The van der Waals surface area contributed by atoms with E-state index in [0.717, 1.165) is 24.7 Å². The number of rotatable bonds is 2. The third-order valence-electron chi connectivity index (χ3n) is 2.70. The predicted molar refractivity (Wildman–Crippen MR) is 63.5 cm³/mol. The van der Waals surface area contributed by atoms with Crippen LogP contribution < -0.4 is 10.6 Å². The molecule has 0 aliphatic carbocycles. The summed E-state index contributed by atoms with van der Waals surface area (Å²) in [5, 5.41) is 6.44. The predicted octanol–water partition coefficient (Wildman–Crippen LogP) is 2.09. The molecule has 0 amide bonds. The first-order valence-electron chi connectivity index (χ1n) is 5.38. The molecule has 1 aliphatic heterocycles. The fourth-order valence-electron chi connectivity index (χ4n) is 1.68. The molecule has 0 radical (unpaired) electrons. The Hall–Kier alpha value is -1.51. The smallest absolute Gasteiger partial charge is 0.125 e. The van der Waals surface area contributed by atoms with Crippen LogP contribution in [-0.4, -0.2) is 18.6 Å². The van der Waals surface area contributed by atoms with Crippen LogP contribution in [0.4, 0.5) is 5.82 Å². The Morgan fingerprint density at radius 2 is 2.33 bits per heavy atom. The molecular formula is C12H17N3. The zero-order valence-electron chi connectivity index (χ0n) is 9.25. The quantitative estimate of drug-likeness (QED) is 0.773. The second-order valence-electron chi connectivity index (χ2n) is 4.02. The van der Waals surface area contributed by atoms with Gasteiger partial charge in [0.1, 0.15) is 5.82 Å². The molecule has 3 heteroatoms. The van der Waals surface area contributed by atoms with Crippen LogP contribution in [-0.2, 0) is 0 Å². The number of hydrogen-bond acceptors (Lipinski definition) is 3. The van der Waals surface area contributed by atoms with Crippen LogP contribution in [0, 0.1) is 5.92 Å². The minimum atomic E-state index is 0.735. The van der Waals surface area contributed by atoms with Gasteiger partial charge in [-0.05, 0) is 24.5 Å². The van der Waals surface area contributed by atoms with E-state index in [4.69, 9.17) is 0 Å². The van der Waals surface area contributed by atoms with Crippen LogP contribution in [0.25, 0.3) is 5.70 Å². The maximum Gasteiger partial charge on any atom is 0.125 e. The molecule has 1 atom stereocenters. The highest BCUT2D eigenvalue weighted by molar-refractivity contribution is 5.64. The Morgan fingerprint density at radius 1 is 1.47 bits per heavy atom. The van der Waals surface area contributed by atoms with Crippen molar-refractivity contribution in [3.63, 3.8) is 0 Å². The van der Waals surface area contributed by atoms with Crippen molar-refractivity contribution in [2.24, 2.45) is 5.92 Å². The second-order valence-corrected chi connectivity index (χ2v) is 4.02. The Bertz CT molecular complexity index is 354. The molecule has 2 N–H and O–H groups in total. The minimum absolute atomic E-state index is 0.735. The molecule has 80 valence electrons. The Kier molecular flexibility index (Phi) is 2.90. The molecule has 1 aromatic heterocycles. The van der Waals surface area contributed by atoms with Crippen molar-refractivity contribution in [3.8, 4) is 0 Å². The number of nitrogens with zero attached hydrogens (tertiary/aromatic N) is 1. The molecule has 2 rings (SSSR count). The van der Waals surface area contributed by atoms with Crippen molar-refractivity contribution >= 4 is 11.5 Å². The molecule has 0 spiro atoms. The van der Waals surface area contributed by atoms with Crippen molar-refractivity contribution in [3.05, 3.63) is 30.0 Å².